The third-order valence-corrected chi connectivity index (χ3v) is 12.5. The maximum absolute atomic E-state index is 13.9. The molecule has 13 atom stereocenters. The maximum atomic E-state index is 13.9. The number of nitrogens with one attached hydrogen (secondary N) is 1. The van der Waals surface area contributed by atoms with Crippen LogP contribution in [0, 0.1) is 35.5 Å². The lowest BCUT2D eigenvalue weighted by Gasteiger charge is -2.34. The smallest absolute Gasteiger partial charge is 0.404 e. The summed E-state index contributed by atoms with van der Waals surface area (Å²) in [6.45, 7) is 10.9. The molecule has 0 aromatic carbocycles. The Morgan fingerprint density at radius 1 is 0.985 bits per heavy atom. The van der Waals surface area contributed by atoms with Crippen molar-refractivity contribution >= 4 is 42.1 Å². The van der Waals surface area contributed by atoms with Crippen LogP contribution in [0.4, 0.5) is 4.79 Å². The van der Waals surface area contributed by atoms with Gasteiger partial charge in [-0.15, -0.1) is 0 Å². The number of nitrogens with two attached hydrogens (primary N) is 1. The van der Waals surface area contributed by atoms with Crippen molar-refractivity contribution in [2.75, 3.05) is 35.5 Å². The molecule has 0 radical (unpaired) electrons. The zero-order chi connectivity index (χ0) is 50.0. The molecule has 0 saturated heterocycles. The average Bonchev–Trinajstić information content (AvgIpc) is 3.98. The predicted octanol–water partition coefficient (Wildman–Crippen LogP) is 5.13. The summed E-state index contributed by atoms with van der Waals surface area (Å²) in [6, 6.07) is 0. The van der Waals surface area contributed by atoms with E-state index in [1.165, 1.54) is 25.4 Å². The molecule has 20 nitrogen and oxygen atoms in total. The van der Waals surface area contributed by atoms with E-state index in [1.54, 1.807) is 53.5 Å². The third kappa shape index (κ3) is 17.1. The van der Waals surface area contributed by atoms with Gasteiger partial charge in [0.2, 0.25) is 18.2 Å². The van der Waals surface area contributed by atoms with Gasteiger partial charge >= 0.3 is 12.1 Å². The Bertz CT molecular complexity index is 1970. The van der Waals surface area contributed by atoms with Crippen molar-refractivity contribution in [2.24, 2.45) is 41.2 Å². The third-order valence-electron chi connectivity index (χ3n) is 12.5. The number of esters is 1. The summed E-state index contributed by atoms with van der Waals surface area (Å²) < 4.78 is 45.8. The molecule has 4 N–H and O–H groups in total. The fraction of sp³-hybridized carbons (Fsp3) is 0.660. The number of aliphatic hydroxyl groups is 1. The lowest BCUT2D eigenvalue weighted by Crippen LogP contribution is -2.46. The summed E-state index contributed by atoms with van der Waals surface area (Å²) in [5.74, 6) is -4.69. The van der Waals surface area contributed by atoms with Gasteiger partial charge in [0, 0.05) is 78.2 Å². The molecule has 67 heavy (non-hydrogen) atoms. The number of carbonyl (C=O) groups is 6. The molecular formula is C47H71N5O15. The minimum atomic E-state index is -1.26. The minimum absolute atomic E-state index is 0.00186. The Morgan fingerprint density at radius 2 is 1.69 bits per heavy atom. The van der Waals surface area contributed by atoms with E-state index in [1.807, 2.05) is 33.8 Å². The number of fused-ring (bicyclic) bond motifs is 5. The SMILES string of the molecule is CO[C@H]([C@H](C)/C=C/N(C)C=O)[C@@H](C)C(=O)CC[C@H](C)[C@H](C[C@@H]1OC(=O)C[C@@H](OC(N)=O)C[C@H](C)C[C@H](O)[C@H](C)[C@@H](OC)C(=O)NC(=O)c2coc(n2)-c2coc(n2)/C=C\C[C@H](OC)[C@H]1C)OC. The van der Waals surface area contributed by atoms with Gasteiger partial charge in [0.1, 0.15) is 36.6 Å². The van der Waals surface area contributed by atoms with Gasteiger partial charge in [0.05, 0.1) is 30.8 Å². The molecular weight excluding hydrogens is 875 g/mol. The second kappa shape index (κ2) is 27.5. The number of primary amides is 1. The Kier molecular flexibility index (Phi) is 23.0. The van der Waals surface area contributed by atoms with Gasteiger partial charge in [-0.3, -0.25) is 29.3 Å². The van der Waals surface area contributed by atoms with Crippen LogP contribution in [-0.2, 0) is 47.6 Å². The van der Waals surface area contributed by atoms with E-state index in [-0.39, 0.29) is 78.8 Å². The van der Waals surface area contributed by atoms with Gasteiger partial charge in [-0.1, -0.05) is 53.7 Å². The number of cyclic esters (lactones) is 1. The topological polar surface area (TPSA) is 271 Å². The van der Waals surface area contributed by atoms with Crippen LogP contribution in [0.3, 0.4) is 0 Å². The standard InChI is InChI=1S/C47H71N5O15/c1-26-19-32(66-47(48)59)21-41(56)67-39(22-38(61-9)27(2)15-16-35(54)29(4)42(62-10)28(3)17-18-52(7)25-53)31(6)37(60-8)13-12-14-40-49-34(24-64-40)46-50-33(23-65-46)44(57)51-45(58)43(63-11)30(5)36(55)20-26/h12,14,17-18,23-32,36-39,42-43,55H,13,15-16,19-22H2,1-11H3,(H2,48,59)(H,51,57,58)/b14-12-,18-17+/t26-,27-,28+,29-,30-,31+,32-,36-,37-,38-,39-,42+,43+/m0/s1. The molecule has 4 bridgehead atoms. The molecule has 0 unspecified atom stereocenters. The summed E-state index contributed by atoms with van der Waals surface area (Å²) >= 11 is 0. The highest BCUT2D eigenvalue weighted by molar-refractivity contribution is 6.05. The van der Waals surface area contributed by atoms with E-state index in [0.717, 1.165) is 6.26 Å². The van der Waals surface area contributed by atoms with E-state index >= 15 is 0 Å². The zero-order valence-electron chi connectivity index (χ0n) is 40.6. The van der Waals surface area contributed by atoms with E-state index in [9.17, 15) is 33.9 Å². The van der Waals surface area contributed by atoms with Crippen molar-refractivity contribution in [2.45, 2.75) is 129 Å². The highest BCUT2D eigenvalue weighted by atomic mass is 16.6. The largest absolute Gasteiger partial charge is 0.462 e. The van der Waals surface area contributed by atoms with Crippen molar-refractivity contribution in [1.29, 1.82) is 0 Å². The summed E-state index contributed by atoms with van der Waals surface area (Å²) in [7, 11) is 7.53. The Labute approximate surface area is 392 Å². The summed E-state index contributed by atoms with van der Waals surface area (Å²) in [4.78, 5) is 86.8. The van der Waals surface area contributed by atoms with E-state index in [2.05, 4.69) is 15.3 Å². The number of oxazole rings is 2. The zero-order valence-corrected chi connectivity index (χ0v) is 40.6. The van der Waals surface area contributed by atoms with E-state index < -0.39 is 84.4 Å². The molecule has 20 heteroatoms. The molecule has 0 fully saturated rings. The number of aromatic nitrogens is 2. The number of imide groups is 1. The van der Waals surface area contributed by atoms with Gasteiger partial charge in [-0.2, -0.15) is 0 Å². The second-order valence-electron chi connectivity index (χ2n) is 17.6. The fourth-order valence-electron chi connectivity index (χ4n) is 8.36. The molecule has 374 valence electrons. The van der Waals surface area contributed by atoms with Crippen molar-refractivity contribution in [3.63, 3.8) is 0 Å². The van der Waals surface area contributed by atoms with Crippen LogP contribution in [0.1, 0.15) is 103 Å². The number of hydrogen-bond acceptors (Lipinski definition) is 17. The number of nitrogens with zero attached hydrogens (tertiary/aromatic N) is 3. The molecule has 0 spiro atoms. The van der Waals surface area contributed by atoms with Gasteiger partial charge < -0.3 is 53.0 Å². The molecule has 3 rings (SSSR count). The van der Waals surface area contributed by atoms with Crippen LogP contribution < -0.4 is 11.1 Å². The number of methoxy groups -OCH3 is 4. The Morgan fingerprint density at radius 3 is 2.31 bits per heavy atom. The number of Topliss-reactive ketones (excluding diaryl/α,β-unsaturated/α-hetero) is 1. The first-order valence-electron chi connectivity index (χ1n) is 22.5. The molecule has 4 amide bonds. The second-order valence-corrected chi connectivity index (χ2v) is 17.6. The first-order chi connectivity index (χ1) is 31.8. The first-order valence-corrected chi connectivity index (χ1v) is 22.5. The summed E-state index contributed by atoms with van der Waals surface area (Å²) in [5, 5.41) is 13.5. The van der Waals surface area contributed by atoms with Crippen LogP contribution in [-0.4, -0.2) is 134 Å². The van der Waals surface area contributed by atoms with Gasteiger partial charge in [-0.25, -0.2) is 14.8 Å². The van der Waals surface area contributed by atoms with Crippen molar-refractivity contribution in [3.05, 3.63) is 42.5 Å². The average molecular weight is 946 g/mol. The maximum Gasteiger partial charge on any atom is 0.404 e. The lowest BCUT2D eigenvalue weighted by atomic mass is 9.84. The number of rotatable bonds is 17. The minimum Gasteiger partial charge on any atom is -0.462 e. The number of ketones is 1. The predicted molar refractivity (Wildman–Crippen MR) is 242 cm³/mol. The Balaban J connectivity index is 1.93. The summed E-state index contributed by atoms with van der Waals surface area (Å²) in [5.41, 5.74) is 5.42. The normalized spacial score (nSPS) is 26.7. The molecule has 2 aromatic heterocycles. The number of carbonyl (C=O) groups excluding carboxylic acids is 6. The van der Waals surface area contributed by atoms with Gasteiger partial charge in [-0.05, 0) is 43.6 Å². The molecule has 1 aliphatic rings. The van der Waals surface area contributed by atoms with Crippen LogP contribution >= 0.6 is 0 Å². The van der Waals surface area contributed by atoms with Crippen molar-refractivity contribution in [3.8, 4) is 11.6 Å². The summed E-state index contributed by atoms with van der Waals surface area (Å²) in [6.07, 6.45) is 4.10. The molecule has 1 aliphatic heterocycles. The molecule has 3 heterocycles. The quantitative estimate of drug-likeness (QED) is 0.105. The van der Waals surface area contributed by atoms with Crippen molar-refractivity contribution in [1.82, 2.24) is 20.2 Å². The monoisotopic (exact) mass is 945 g/mol. The number of aliphatic hydroxyl groups excluding tert-OH is 1. The van der Waals surface area contributed by atoms with Crippen LogP contribution in [0.25, 0.3) is 17.7 Å². The first kappa shape index (κ1) is 56.0. The van der Waals surface area contributed by atoms with Crippen LogP contribution in [0.2, 0.25) is 0 Å². The number of amides is 4. The van der Waals surface area contributed by atoms with E-state index in [0.29, 0.717) is 19.3 Å². The molecule has 0 aliphatic carbocycles. The van der Waals surface area contributed by atoms with Crippen LogP contribution in [0.15, 0.2) is 39.7 Å². The van der Waals surface area contributed by atoms with Crippen molar-refractivity contribution < 1.29 is 71.1 Å². The number of ether oxygens (including phenoxy) is 6. The van der Waals surface area contributed by atoms with Crippen LogP contribution in [0.5, 0.6) is 0 Å². The lowest BCUT2D eigenvalue weighted by molar-refractivity contribution is -0.160. The molecule has 2 aromatic rings. The van der Waals surface area contributed by atoms with Gasteiger partial charge in [0.25, 0.3) is 11.8 Å². The molecule has 0 saturated carbocycles. The van der Waals surface area contributed by atoms with E-state index in [4.69, 9.17) is 43.0 Å². The number of hydrogen-bond donors (Lipinski definition) is 3. The highest BCUT2D eigenvalue weighted by Crippen LogP contribution is 2.30. The fourth-order valence-corrected chi connectivity index (χ4v) is 8.36. The Hall–Kier alpha value is -5.28. The highest BCUT2D eigenvalue weighted by Gasteiger charge is 2.36. The van der Waals surface area contributed by atoms with Gasteiger partial charge in [0.15, 0.2) is 11.4 Å².